The SMILES string of the molecule is CC[C@H](CC(=O)O)c1ccc(N2CCOC[C@@H]2C(C)C)c(Nc2ccc(F)cc2)c1. The molecule has 3 rings (SSSR count). The van der Waals surface area contributed by atoms with Gasteiger partial charge in [-0.1, -0.05) is 26.8 Å². The van der Waals surface area contributed by atoms with Gasteiger partial charge in [-0.3, -0.25) is 4.79 Å². The minimum Gasteiger partial charge on any atom is -0.481 e. The molecule has 1 fully saturated rings. The van der Waals surface area contributed by atoms with Crippen molar-refractivity contribution in [3.8, 4) is 0 Å². The molecule has 6 heteroatoms. The minimum atomic E-state index is -0.799. The van der Waals surface area contributed by atoms with Gasteiger partial charge in [0.1, 0.15) is 5.82 Å². The lowest BCUT2D eigenvalue weighted by atomic mass is 9.92. The van der Waals surface area contributed by atoms with Gasteiger partial charge in [-0.05, 0) is 60.2 Å². The van der Waals surface area contributed by atoms with E-state index in [4.69, 9.17) is 4.74 Å². The van der Waals surface area contributed by atoms with Gasteiger partial charge in [0.2, 0.25) is 0 Å². The van der Waals surface area contributed by atoms with E-state index >= 15 is 0 Å². The highest BCUT2D eigenvalue weighted by Gasteiger charge is 2.28. The van der Waals surface area contributed by atoms with Crippen LogP contribution in [0.2, 0.25) is 0 Å². The summed E-state index contributed by atoms with van der Waals surface area (Å²) >= 11 is 0. The van der Waals surface area contributed by atoms with E-state index in [1.54, 1.807) is 12.1 Å². The number of carboxylic acid groups (broad SMARTS) is 1. The number of rotatable bonds is 8. The third-order valence-electron chi connectivity index (χ3n) is 5.77. The number of hydrogen-bond acceptors (Lipinski definition) is 4. The maximum absolute atomic E-state index is 13.4. The molecule has 1 heterocycles. The molecule has 0 aliphatic carbocycles. The molecule has 1 saturated heterocycles. The predicted molar refractivity (Wildman–Crippen MR) is 118 cm³/mol. The zero-order valence-electron chi connectivity index (χ0n) is 17.9. The molecule has 1 aliphatic rings. The first kappa shape index (κ1) is 22.1. The Bertz CT molecular complexity index is 854. The van der Waals surface area contributed by atoms with Crippen molar-refractivity contribution in [2.24, 2.45) is 5.92 Å². The Morgan fingerprint density at radius 1 is 1.27 bits per heavy atom. The summed E-state index contributed by atoms with van der Waals surface area (Å²) in [5.74, 6) is -0.725. The highest BCUT2D eigenvalue weighted by molar-refractivity contribution is 5.77. The number of morpholine rings is 1. The van der Waals surface area contributed by atoms with Gasteiger partial charge in [-0.25, -0.2) is 4.39 Å². The maximum atomic E-state index is 13.4. The fraction of sp³-hybridized carbons (Fsp3) is 0.458. The van der Waals surface area contributed by atoms with Crippen LogP contribution < -0.4 is 10.2 Å². The van der Waals surface area contributed by atoms with Crippen molar-refractivity contribution in [3.63, 3.8) is 0 Å². The van der Waals surface area contributed by atoms with Crippen molar-refractivity contribution in [1.29, 1.82) is 0 Å². The molecule has 5 nitrogen and oxygen atoms in total. The van der Waals surface area contributed by atoms with E-state index in [0.29, 0.717) is 19.1 Å². The van der Waals surface area contributed by atoms with Crippen LogP contribution >= 0.6 is 0 Å². The van der Waals surface area contributed by atoms with E-state index < -0.39 is 5.97 Å². The number of nitrogens with zero attached hydrogens (tertiary/aromatic N) is 1. The number of hydrogen-bond donors (Lipinski definition) is 2. The van der Waals surface area contributed by atoms with Gasteiger partial charge in [0.15, 0.2) is 0 Å². The topological polar surface area (TPSA) is 61.8 Å². The van der Waals surface area contributed by atoms with Crippen molar-refractivity contribution in [1.82, 2.24) is 0 Å². The van der Waals surface area contributed by atoms with Gasteiger partial charge < -0.3 is 20.1 Å². The zero-order valence-corrected chi connectivity index (χ0v) is 17.9. The van der Waals surface area contributed by atoms with Crippen LogP contribution in [-0.4, -0.2) is 36.9 Å². The molecule has 162 valence electrons. The molecular weight excluding hydrogens is 383 g/mol. The summed E-state index contributed by atoms with van der Waals surface area (Å²) in [4.78, 5) is 13.7. The molecule has 30 heavy (non-hydrogen) atoms. The third kappa shape index (κ3) is 5.30. The molecule has 0 saturated carbocycles. The minimum absolute atomic E-state index is 0.0593. The van der Waals surface area contributed by atoms with Crippen LogP contribution in [0.4, 0.5) is 21.5 Å². The molecule has 0 unspecified atom stereocenters. The number of nitrogens with one attached hydrogen (secondary N) is 1. The van der Waals surface area contributed by atoms with E-state index in [1.807, 2.05) is 19.1 Å². The Hall–Kier alpha value is -2.60. The van der Waals surface area contributed by atoms with E-state index in [2.05, 4.69) is 30.1 Å². The highest BCUT2D eigenvalue weighted by atomic mass is 19.1. The van der Waals surface area contributed by atoms with E-state index in [0.717, 1.165) is 35.6 Å². The monoisotopic (exact) mass is 414 g/mol. The second-order valence-electron chi connectivity index (χ2n) is 8.19. The smallest absolute Gasteiger partial charge is 0.303 e. The van der Waals surface area contributed by atoms with Crippen LogP contribution in [-0.2, 0) is 9.53 Å². The summed E-state index contributed by atoms with van der Waals surface area (Å²) < 4.78 is 19.1. The van der Waals surface area contributed by atoms with E-state index in [9.17, 15) is 14.3 Å². The summed E-state index contributed by atoms with van der Waals surface area (Å²) in [5, 5.41) is 12.7. The van der Waals surface area contributed by atoms with Gasteiger partial charge in [0, 0.05) is 12.2 Å². The average Bonchev–Trinajstić information content (AvgIpc) is 2.73. The van der Waals surface area contributed by atoms with Crippen molar-refractivity contribution in [3.05, 3.63) is 53.8 Å². The predicted octanol–water partition coefficient (Wildman–Crippen LogP) is 5.40. The van der Waals surface area contributed by atoms with Crippen LogP contribution in [0, 0.1) is 11.7 Å². The Balaban J connectivity index is 2.01. The lowest BCUT2D eigenvalue weighted by molar-refractivity contribution is -0.137. The fourth-order valence-electron chi connectivity index (χ4n) is 4.03. The normalized spacial score (nSPS) is 17.8. The standard InChI is InChI=1S/C24H31FN2O3/c1-4-17(14-24(28)29)18-5-10-22(27-11-12-30-15-23(27)16(2)3)21(13-18)26-20-8-6-19(25)7-9-20/h5-10,13,16-17,23,26H,4,11-12,14-15H2,1-3H3,(H,28,29)/t17-,23-/m1/s1. The summed E-state index contributed by atoms with van der Waals surface area (Å²) in [6.45, 7) is 8.50. The van der Waals surface area contributed by atoms with Crippen LogP contribution in [0.3, 0.4) is 0 Å². The first-order valence-electron chi connectivity index (χ1n) is 10.6. The average molecular weight is 415 g/mol. The molecule has 0 radical (unpaired) electrons. The molecule has 2 atom stereocenters. The highest BCUT2D eigenvalue weighted by Crippen LogP contribution is 2.36. The fourth-order valence-corrected chi connectivity index (χ4v) is 4.03. The third-order valence-corrected chi connectivity index (χ3v) is 5.77. The van der Waals surface area contributed by atoms with Gasteiger partial charge in [-0.2, -0.15) is 0 Å². The van der Waals surface area contributed by atoms with E-state index in [1.165, 1.54) is 12.1 Å². The molecular formula is C24H31FN2O3. The molecule has 1 aliphatic heterocycles. The largest absolute Gasteiger partial charge is 0.481 e. The quantitative estimate of drug-likeness (QED) is 0.606. The Labute approximate surface area is 177 Å². The molecule has 0 aromatic heterocycles. The number of ether oxygens (including phenoxy) is 1. The number of benzene rings is 2. The Morgan fingerprint density at radius 3 is 2.63 bits per heavy atom. The lowest BCUT2D eigenvalue weighted by Crippen LogP contribution is -2.48. The van der Waals surface area contributed by atoms with Crippen LogP contribution in [0.5, 0.6) is 0 Å². The summed E-state index contributed by atoms with van der Waals surface area (Å²) in [5.41, 5.74) is 3.73. The second-order valence-corrected chi connectivity index (χ2v) is 8.19. The van der Waals surface area contributed by atoms with E-state index in [-0.39, 0.29) is 24.2 Å². The number of anilines is 3. The molecule has 0 bridgehead atoms. The summed E-state index contributed by atoms with van der Waals surface area (Å²) in [7, 11) is 0. The first-order valence-corrected chi connectivity index (χ1v) is 10.6. The van der Waals surface area contributed by atoms with Gasteiger partial charge in [0.05, 0.1) is 37.1 Å². The Kier molecular flexibility index (Phi) is 7.32. The van der Waals surface area contributed by atoms with Crippen molar-refractivity contribution < 1.29 is 19.0 Å². The molecule has 2 aromatic rings. The van der Waals surface area contributed by atoms with Gasteiger partial charge in [-0.15, -0.1) is 0 Å². The molecule has 2 aromatic carbocycles. The van der Waals surface area contributed by atoms with Crippen molar-refractivity contribution in [2.75, 3.05) is 30.0 Å². The van der Waals surface area contributed by atoms with Gasteiger partial charge >= 0.3 is 5.97 Å². The number of carboxylic acids is 1. The van der Waals surface area contributed by atoms with Crippen molar-refractivity contribution in [2.45, 2.75) is 45.6 Å². The number of carbonyl (C=O) groups is 1. The molecule has 0 amide bonds. The number of aliphatic carboxylic acids is 1. The summed E-state index contributed by atoms with van der Waals surface area (Å²) in [6, 6.07) is 12.7. The van der Waals surface area contributed by atoms with Crippen LogP contribution in [0.15, 0.2) is 42.5 Å². The van der Waals surface area contributed by atoms with Crippen LogP contribution in [0.1, 0.15) is 45.1 Å². The molecule has 2 N–H and O–H groups in total. The van der Waals surface area contributed by atoms with Crippen molar-refractivity contribution >= 4 is 23.0 Å². The zero-order chi connectivity index (χ0) is 21.7. The van der Waals surface area contributed by atoms with Crippen LogP contribution in [0.25, 0.3) is 0 Å². The maximum Gasteiger partial charge on any atom is 0.303 e. The lowest BCUT2D eigenvalue weighted by Gasteiger charge is -2.40. The number of halogens is 1. The second kappa shape index (κ2) is 9.94. The molecule has 0 spiro atoms. The first-order chi connectivity index (χ1) is 14.4. The van der Waals surface area contributed by atoms with Gasteiger partial charge in [0.25, 0.3) is 0 Å². The Morgan fingerprint density at radius 2 is 2.00 bits per heavy atom. The summed E-state index contributed by atoms with van der Waals surface area (Å²) in [6.07, 6.45) is 0.839.